The van der Waals surface area contributed by atoms with E-state index in [9.17, 15) is 22.0 Å². The zero-order chi connectivity index (χ0) is 17.3. The van der Waals surface area contributed by atoms with Crippen LogP contribution in [0.4, 0.5) is 8.78 Å². The number of hydrogen-bond acceptors (Lipinski definition) is 4. The fourth-order valence-corrected chi connectivity index (χ4v) is 4.36. The van der Waals surface area contributed by atoms with Crippen LogP contribution in [0.2, 0.25) is 0 Å². The van der Waals surface area contributed by atoms with E-state index in [0.29, 0.717) is 24.6 Å². The van der Waals surface area contributed by atoms with Crippen molar-refractivity contribution in [3.8, 4) is 0 Å². The summed E-state index contributed by atoms with van der Waals surface area (Å²) in [5.74, 6) is -2.49. The van der Waals surface area contributed by atoms with Gasteiger partial charge in [-0.15, -0.1) is 0 Å². The lowest BCUT2D eigenvalue weighted by atomic mass is 9.96. The van der Waals surface area contributed by atoms with E-state index in [-0.39, 0.29) is 23.9 Å². The molecule has 1 aromatic heterocycles. The first-order chi connectivity index (χ1) is 11.4. The van der Waals surface area contributed by atoms with Gasteiger partial charge in [-0.2, -0.15) is 4.31 Å². The van der Waals surface area contributed by atoms with Crippen LogP contribution in [0, 0.1) is 11.6 Å². The Morgan fingerprint density at radius 3 is 2.71 bits per heavy atom. The van der Waals surface area contributed by atoms with Crippen molar-refractivity contribution in [3.63, 3.8) is 0 Å². The van der Waals surface area contributed by atoms with Gasteiger partial charge in [0.25, 0.3) is 0 Å². The number of nitrogens with one attached hydrogen (secondary N) is 1. The molecule has 1 N–H and O–H groups in total. The normalized spacial score (nSPS) is 19.3. The van der Waals surface area contributed by atoms with Gasteiger partial charge in [0.1, 0.15) is 0 Å². The van der Waals surface area contributed by atoms with Crippen molar-refractivity contribution in [2.75, 3.05) is 13.1 Å². The third-order valence-corrected chi connectivity index (χ3v) is 5.91. The summed E-state index contributed by atoms with van der Waals surface area (Å²) in [4.78, 5) is 17.2. The molecule has 128 valence electrons. The summed E-state index contributed by atoms with van der Waals surface area (Å²) < 4.78 is 52.9. The first kappa shape index (κ1) is 16.7. The lowest BCUT2D eigenvalue weighted by Crippen LogP contribution is -2.39. The number of H-pyrrole nitrogens is 1. The highest BCUT2D eigenvalue weighted by molar-refractivity contribution is 7.89. The molecule has 1 aliphatic rings. The summed E-state index contributed by atoms with van der Waals surface area (Å²) >= 11 is 0. The summed E-state index contributed by atoms with van der Waals surface area (Å²) in [6, 6.07) is 4.16. The monoisotopic (exact) mass is 355 g/mol. The van der Waals surface area contributed by atoms with Crippen LogP contribution in [0.25, 0.3) is 0 Å². The second-order valence-corrected chi connectivity index (χ2v) is 7.55. The van der Waals surface area contributed by atoms with E-state index in [1.165, 1.54) is 10.5 Å². The molecule has 0 amide bonds. The SMILES string of the molecule is O=c1nccc(C2CCCN(S(=O)(=O)c3ccc(F)c(F)c3)C2)[nH]1. The molecule has 1 unspecified atom stereocenters. The molecule has 1 saturated heterocycles. The third kappa shape index (κ3) is 3.22. The first-order valence-electron chi connectivity index (χ1n) is 7.38. The summed E-state index contributed by atoms with van der Waals surface area (Å²) in [5.41, 5.74) is 0.119. The van der Waals surface area contributed by atoms with Crippen LogP contribution in [0.15, 0.2) is 40.2 Å². The van der Waals surface area contributed by atoms with Crippen molar-refractivity contribution in [1.29, 1.82) is 0 Å². The van der Waals surface area contributed by atoms with Crippen molar-refractivity contribution in [2.45, 2.75) is 23.7 Å². The number of rotatable bonds is 3. The van der Waals surface area contributed by atoms with Gasteiger partial charge in [0, 0.05) is 30.9 Å². The van der Waals surface area contributed by atoms with Crippen LogP contribution < -0.4 is 5.69 Å². The second kappa shape index (κ2) is 6.40. The number of hydrogen-bond donors (Lipinski definition) is 1. The highest BCUT2D eigenvalue weighted by Gasteiger charge is 2.31. The van der Waals surface area contributed by atoms with Gasteiger partial charge in [-0.1, -0.05) is 0 Å². The first-order valence-corrected chi connectivity index (χ1v) is 8.82. The molecule has 0 spiro atoms. The van der Waals surface area contributed by atoms with Crippen LogP contribution in [-0.2, 0) is 10.0 Å². The number of halogens is 2. The molecule has 0 saturated carbocycles. The number of nitrogens with zero attached hydrogens (tertiary/aromatic N) is 2. The fourth-order valence-electron chi connectivity index (χ4n) is 2.82. The maximum Gasteiger partial charge on any atom is 0.345 e. The van der Waals surface area contributed by atoms with Crippen LogP contribution in [0.5, 0.6) is 0 Å². The summed E-state index contributed by atoms with van der Waals surface area (Å²) in [5, 5.41) is 0. The molecular weight excluding hydrogens is 340 g/mol. The lowest BCUT2D eigenvalue weighted by Gasteiger charge is -2.31. The Hall–Kier alpha value is -2.13. The largest absolute Gasteiger partial charge is 0.345 e. The predicted octanol–water partition coefficient (Wildman–Crippen LogP) is 1.62. The van der Waals surface area contributed by atoms with Crippen molar-refractivity contribution >= 4 is 10.0 Å². The molecule has 2 heterocycles. The van der Waals surface area contributed by atoms with Gasteiger partial charge >= 0.3 is 5.69 Å². The van der Waals surface area contributed by atoms with E-state index in [4.69, 9.17) is 0 Å². The number of sulfonamides is 1. The molecule has 1 fully saturated rings. The smallest absolute Gasteiger partial charge is 0.309 e. The van der Waals surface area contributed by atoms with Gasteiger partial charge in [-0.25, -0.2) is 27.0 Å². The minimum Gasteiger partial charge on any atom is -0.309 e. The highest BCUT2D eigenvalue weighted by atomic mass is 32.2. The number of aromatic amines is 1. The Balaban J connectivity index is 1.88. The molecule has 3 rings (SSSR count). The Morgan fingerprint density at radius 1 is 1.21 bits per heavy atom. The quantitative estimate of drug-likeness (QED) is 0.907. The minimum atomic E-state index is -3.93. The maximum absolute atomic E-state index is 13.4. The molecular formula is C15H15F2N3O3S. The van der Waals surface area contributed by atoms with Crippen LogP contribution in [0.3, 0.4) is 0 Å². The molecule has 6 nitrogen and oxygen atoms in total. The van der Waals surface area contributed by atoms with E-state index in [2.05, 4.69) is 9.97 Å². The van der Waals surface area contributed by atoms with E-state index in [1.807, 2.05) is 0 Å². The summed E-state index contributed by atoms with van der Waals surface area (Å²) in [6.45, 7) is 0.439. The van der Waals surface area contributed by atoms with Crippen LogP contribution in [-0.4, -0.2) is 35.8 Å². The van der Waals surface area contributed by atoms with Gasteiger partial charge in [-0.3, -0.25) is 0 Å². The maximum atomic E-state index is 13.4. The Bertz CT molecular complexity index is 914. The summed E-state index contributed by atoms with van der Waals surface area (Å²) in [7, 11) is -3.93. The molecule has 9 heteroatoms. The van der Waals surface area contributed by atoms with E-state index >= 15 is 0 Å². The van der Waals surface area contributed by atoms with Crippen molar-refractivity contribution in [3.05, 3.63) is 58.3 Å². The average molecular weight is 355 g/mol. The molecule has 0 bridgehead atoms. The fraction of sp³-hybridized carbons (Fsp3) is 0.333. The zero-order valence-corrected chi connectivity index (χ0v) is 13.4. The number of piperidine rings is 1. The number of benzene rings is 1. The standard InChI is InChI=1S/C15H15F2N3O3S/c16-12-4-3-11(8-13(12)17)24(22,23)20-7-1-2-10(9-20)14-5-6-18-15(21)19-14/h3-6,8,10H,1-2,7,9H2,(H,18,19,21). The van der Waals surface area contributed by atoms with Gasteiger partial charge in [0.2, 0.25) is 10.0 Å². The number of aromatic nitrogens is 2. The molecule has 1 atom stereocenters. The van der Waals surface area contributed by atoms with Crippen LogP contribution in [0.1, 0.15) is 24.5 Å². The predicted molar refractivity (Wildman–Crippen MR) is 81.9 cm³/mol. The van der Waals surface area contributed by atoms with E-state index < -0.39 is 27.3 Å². The second-order valence-electron chi connectivity index (χ2n) is 5.61. The van der Waals surface area contributed by atoms with Crippen LogP contribution >= 0.6 is 0 Å². The molecule has 0 radical (unpaired) electrons. The molecule has 1 aliphatic heterocycles. The minimum absolute atomic E-state index is 0.154. The average Bonchev–Trinajstić information content (AvgIpc) is 2.57. The van der Waals surface area contributed by atoms with Crippen molar-refractivity contribution in [2.24, 2.45) is 0 Å². The highest BCUT2D eigenvalue weighted by Crippen LogP contribution is 2.29. The van der Waals surface area contributed by atoms with Gasteiger partial charge < -0.3 is 4.98 Å². The Morgan fingerprint density at radius 2 is 2.00 bits per heavy atom. The molecule has 0 aliphatic carbocycles. The molecule has 24 heavy (non-hydrogen) atoms. The zero-order valence-electron chi connectivity index (χ0n) is 12.6. The Labute approximate surface area is 137 Å². The summed E-state index contributed by atoms with van der Waals surface area (Å²) in [6.07, 6.45) is 2.68. The van der Waals surface area contributed by atoms with E-state index in [1.54, 1.807) is 6.07 Å². The van der Waals surface area contributed by atoms with E-state index in [0.717, 1.165) is 12.1 Å². The molecule has 2 aromatic rings. The van der Waals surface area contributed by atoms with Crippen molar-refractivity contribution in [1.82, 2.24) is 14.3 Å². The third-order valence-electron chi connectivity index (χ3n) is 4.05. The van der Waals surface area contributed by atoms with Gasteiger partial charge in [0.05, 0.1) is 4.90 Å². The van der Waals surface area contributed by atoms with Crippen molar-refractivity contribution < 1.29 is 17.2 Å². The Kier molecular flexibility index (Phi) is 4.46. The lowest BCUT2D eigenvalue weighted by molar-refractivity contribution is 0.312. The topological polar surface area (TPSA) is 83.1 Å². The van der Waals surface area contributed by atoms with Gasteiger partial charge in [0.15, 0.2) is 11.6 Å². The molecule has 1 aromatic carbocycles. The van der Waals surface area contributed by atoms with Gasteiger partial charge in [-0.05, 0) is 37.1 Å².